The molecule has 3 heterocycles. The summed E-state index contributed by atoms with van der Waals surface area (Å²) in [5, 5.41) is 13.7. The lowest BCUT2D eigenvalue weighted by Crippen LogP contribution is -2.07. The smallest absolute Gasteiger partial charge is 0.161 e. The van der Waals surface area contributed by atoms with Crippen LogP contribution in [0.3, 0.4) is 0 Å². The van der Waals surface area contributed by atoms with Gasteiger partial charge in [0.05, 0.1) is 27.3 Å². The van der Waals surface area contributed by atoms with Crippen molar-refractivity contribution in [3.63, 3.8) is 0 Å². The van der Waals surface area contributed by atoms with Crippen molar-refractivity contribution in [3.8, 4) is 0 Å². The lowest BCUT2D eigenvalue weighted by Gasteiger charge is -2.09. The van der Waals surface area contributed by atoms with Gasteiger partial charge in [-0.25, -0.2) is 15.0 Å². The molecule has 0 aliphatic rings. The second-order valence-electron chi connectivity index (χ2n) is 13.9. The minimum atomic E-state index is 0.386. The van der Waals surface area contributed by atoms with Gasteiger partial charge in [0.25, 0.3) is 0 Å². The van der Waals surface area contributed by atoms with E-state index in [1.54, 1.807) is 11.3 Å². The molecule has 0 atom stereocenters. The molecule has 58 heavy (non-hydrogen) atoms. The number of anilines is 1. The Kier molecular flexibility index (Phi) is 9.75. The number of nitrogens with one attached hydrogen (secondary N) is 1. The van der Waals surface area contributed by atoms with Gasteiger partial charge in [-0.2, -0.15) is 0 Å². The summed E-state index contributed by atoms with van der Waals surface area (Å²) >= 11 is 1.58. The van der Waals surface area contributed by atoms with E-state index in [2.05, 4.69) is 89.9 Å². The molecule has 7 aromatic carbocycles. The molecule has 0 unspecified atom stereocenters. The van der Waals surface area contributed by atoms with Crippen LogP contribution in [-0.4, -0.2) is 28.7 Å². The molecule has 0 aliphatic heterocycles. The first kappa shape index (κ1) is 36.2. The van der Waals surface area contributed by atoms with Crippen LogP contribution >= 0.6 is 11.3 Å². The highest BCUT2D eigenvalue weighted by Gasteiger charge is 2.18. The highest BCUT2D eigenvalue weighted by molar-refractivity contribution is 7.21. The number of aryl methyl sites for hydroxylation is 1. The molecule has 0 radical (unpaired) electrons. The minimum Gasteiger partial charge on any atom is -0.456 e. The third-order valence-corrected chi connectivity index (χ3v) is 11.5. The summed E-state index contributed by atoms with van der Waals surface area (Å²) in [5.41, 5.74) is 15.1. The maximum Gasteiger partial charge on any atom is 0.161 e. The zero-order valence-electron chi connectivity index (χ0n) is 31.8. The highest BCUT2D eigenvalue weighted by Crippen LogP contribution is 2.36. The molecule has 3 aromatic heterocycles. The van der Waals surface area contributed by atoms with E-state index in [9.17, 15) is 0 Å². The highest BCUT2D eigenvalue weighted by atomic mass is 32.1. The number of thiophene rings is 1. The van der Waals surface area contributed by atoms with E-state index in [4.69, 9.17) is 25.5 Å². The van der Waals surface area contributed by atoms with Crippen LogP contribution in [0.4, 0.5) is 5.69 Å². The zero-order chi connectivity index (χ0) is 39.6. The molecule has 0 saturated heterocycles. The molecule has 0 amide bonds. The Labute approximate surface area is 339 Å². The summed E-state index contributed by atoms with van der Waals surface area (Å²) < 4.78 is 9.60. The van der Waals surface area contributed by atoms with Gasteiger partial charge in [-0.1, -0.05) is 139 Å². The number of nitrogens with two attached hydrogens (primary N) is 1. The zero-order valence-corrected chi connectivity index (χ0v) is 32.6. The van der Waals surface area contributed by atoms with E-state index in [1.807, 2.05) is 103 Å². The summed E-state index contributed by atoms with van der Waals surface area (Å²) in [6.45, 7) is 6.31. The van der Waals surface area contributed by atoms with Crippen LogP contribution in [0.25, 0.3) is 53.8 Å². The van der Waals surface area contributed by atoms with Crippen LogP contribution in [-0.2, 0) is 6.67 Å². The first-order valence-electron chi connectivity index (χ1n) is 18.9. The number of para-hydroxylation sites is 2. The average Bonchev–Trinajstić information content (AvgIpc) is 3.93. The van der Waals surface area contributed by atoms with Crippen molar-refractivity contribution in [1.82, 2.24) is 4.57 Å². The van der Waals surface area contributed by atoms with E-state index in [0.29, 0.717) is 29.7 Å². The second kappa shape index (κ2) is 15.6. The fraction of sp³-hybridized carbons (Fsp3) is 0.0400. The maximum atomic E-state index is 8.27. The maximum absolute atomic E-state index is 8.27. The van der Waals surface area contributed by atoms with E-state index >= 15 is 0 Å². The summed E-state index contributed by atoms with van der Waals surface area (Å²) in [4.78, 5) is 15.4. The van der Waals surface area contributed by atoms with Crippen molar-refractivity contribution < 1.29 is 4.42 Å². The van der Waals surface area contributed by atoms with Gasteiger partial charge in [-0.05, 0) is 50.0 Å². The predicted molar refractivity (Wildman–Crippen MR) is 246 cm³/mol. The Bertz CT molecular complexity index is 3150. The Hall–Kier alpha value is -7.42. The number of amidine groups is 2. The summed E-state index contributed by atoms with van der Waals surface area (Å²) in [6, 6.07) is 56.7. The van der Waals surface area contributed by atoms with Crippen molar-refractivity contribution in [2.45, 2.75) is 13.6 Å². The fourth-order valence-corrected chi connectivity index (χ4v) is 8.56. The summed E-state index contributed by atoms with van der Waals surface area (Å²) in [5.74, 6) is 1.09. The van der Waals surface area contributed by atoms with Crippen LogP contribution in [0.15, 0.2) is 189 Å². The van der Waals surface area contributed by atoms with Crippen molar-refractivity contribution in [2.75, 3.05) is 5.73 Å². The molecule has 7 nitrogen and oxygen atoms in total. The predicted octanol–water partition coefficient (Wildman–Crippen LogP) is 12.5. The summed E-state index contributed by atoms with van der Waals surface area (Å²) in [7, 11) is 0. The number of rotatable bonds is 6. The Morgan fingerprint density at radius 2 is 1.28 bits per heavy atom. The van der Waals surface area contributed by atoms with Gasteiger partial charge in [-0.15, -0.1) is 11.3 Å². The standard InChI is InChI=1S/C35H26N4O.C15H12N2S/c1-23-19-20-31-28(21-23)33-27(15-10-18-32(33)40-31)35(38-34(36-2)24-11-4-3-5-12-24)37-22-39-29-16-8-6-13-25(29)26-14-7-9-17-30(26)39;16-13(10-6-2-1-3-7-10)15-14(17)11-8-4-5-9-12(11)18-15/h3-21H,2,22H2,1H3;1-9,16H,17H2/b37-35-,38-34?;. The number of benzene rings is 7. The quantitative estimate of drug-likeness (QED) is 0.130. The van der Waals surface area contributed by atoms with E-state index in [1.165, 1.54) is 10.8 Å². The molecule has 280 valence electrons. The Balaban J connectivity index is 0.000000202. The number of hydrogen-bond donors (Lipinski definition) is 2. The van der Waals surface area contributed by atoms with Gasteiger partial charge in [0.15, 0.2) is 11.7 Å². The van der Waals surface area contributed by atoms with Gasteiger partial charge in [0.1, 0.15) is 17.8 Å². The van der Waals surface area contributed by atoms with Crippen LogP contribution in [0.5, 0.6) is 0 Å². The lowest BCUT2D eigenvalue weighted by atomic mass is 10.0. The molecular weight excluding hydrogens is 733 g/mol. The second-order valence-corrected chi connectivity index (χ2v) is 15.0. The van der Waals surface area contributed by atoms with Crippen LogP contribution in [0.2, 0.25) is 0 Å². The van der Waals surface area contributed by atoms with E-state index in [0.717, 1.165) is 70.2 Å². The van der Waals surface area contributed by atoms with E-state index in [-0.39, 0.29) is 0 Å². The molecule has 0 aliphatic carbocycles. The van der Waals surface area contributed by atoms with Gasteiger partial charge < -0.3 is 14.7 Å². The van der Waals surface area contributed by atoms with Gasteiger partial charge in [-0.3, -0.25) is 5.41 Å². The molecule has 8 heteroatoms. The van der Waals surface area contributed by atoms with Crippen molar-refractivity contribution in [2.24, 2.45) is 15.0 Å². The first-order valence-corrected chi connectivity index (χ1v) is 19.7. The van der Waals surface area contributed by atoms with Crippen LogP contribution < -0.4 is 5.73 Å². The topological polar surface area (TPSA) is 105 Å². The number of nitrogen functional groups attached to an aromatic ring is 1. The normalized spacial score (nSPS) is 12.0. The SMILES string of the molecule is C=NC(=N/C(=N\Cn1c2ccccc2c2ccccc21)c1cccc2oc3ccc(C)cc3c12)c1ccccc1.N=C(c1ccccc1)c1sc2ccccc2c1N. The van der Waals surface area contributed by atoms with Gasteiger partial charge in [0.2, 0.25) is 0 Å². The van der Waals surface area contributed by atoms with Crippen molar-refractivity contribution in [3.05, 3.63) is 197 Å². The third kappa shape index (κ3) is 6.76. The molecule has 0 bridgehead atoms. The molecule has 0 saturated carbocycles. The fourth-order valence-electron chi connectivity index (χ4n) is 7.47. The summed E-state index contributed by atoms with van der Waals surface area (Å²) in [6.07, 6.45) is 0. The number of fused-ring (bicyclic) bond motifs is 7. The lowest BCUT2D eigenvalue weighted by molar-refractivity contribution is 0.669. The Morgan fingerprint density at radius 3 is 1.95 bits per heavy atom. The molecule has 10 rings (SSSR count). The third-order valence-electron chi connectivity index (χ3n) is 10.3. The number of nitrogens with zero attached hydrogens (tertiary/aromatic N) is 4. The van der Waals surface area contributed by atoms with E-state index < -0.39 is 0 Å². The van der Waals surface area contributed by atoms with Crippen molar-refractivity contribution >= 4 is 95.0 Å². The molecule has 3 N–H and O–H groups in total. The van der Waals surface area contributed by atoms with Crippen LogP contribution in [0.1, 0.15) is 27.1 Å². The number of aromatic nitrogens is 1. The van der Waals surface area contributed by atoms with Crippen LogP contribution in [0, 0.1) is 12.3 Å². The molecule has 0 fully saturated rings. The minimum absolute atomic E-state index is 0.386. The molecular formula is C50H38N6OS. The largest absolute Gasteiger partial charge is 0.456 e. The van der Waals surface area contributed by atoms with Crippen molar-refractivity contribution in [1.29, 1.82) is 5.41 Å². The average molecular weight is 771 g/mol. The Morgan fingerprint density at radius 1 is 0.655 bits per heavy atom. The van der Waals surface area contributed by atoms with Gasteiger partial charge in [0, 0.05) is 48.3 Å². The monoisotopic (exact) mass is 770 g/mol. The molecule has 0 spiro atoms. The van der Waals surface area contributed by atoms with Gasteiger partial charge >= 0.3 is 0 Å². The number of furan rings is 1. The number of aliphatic imine (C=N–C) groups is 3. The molecule has 10 aromatic rings. The number of hydrogen-bond acceptors (Lipinski definition) is 5. The first-order chi connectivity index (χ1) is 28.5.